The molecule has 2 atom stereocenters. The smallest absolute Gasteiger partial charge is 0.223 e. The maximum Gasteiger partial charge on any atom is 0.223 e. The molecule has 1 fully saturated rings. The SMILES string of the molecule is COCCN1C(=O)CCC(N)C1c1cccc(Br)c1. The largest absolute Gasteiger partial charge is 0.383 e. The quantitative estimate of drug-likeness (QED) is 0.921. The number of methoxy groups -OCH3 is 1. The Morgan fingerprint density at radius 2 is 2.32 bits per heavy atom. The van der Waals surface area contributed by atoms with Crippen molar-refractivity contribution in [2.75, 3.05) is 20.3 Å². The highest BCUT2D eigenvalue weighted by molar-refractivity contribution is 9.10. The molecule has 5 heteroatoms. The zero-order valence-corrected chi connectivity index (χ0v) is 12.6. The molecule has 2 N–H and O–H groups in total. The van der Waals surface area contributed by atoms with Gasteiger partial charge < -0.3 is 15.4 Å². The highest BCUT2D eigenvalue weighted by Crippen LogP contribution is 2.31. The summed E-state index contributed by atoms with van der Waals surface area (Å²) < 4.78 is 6.09. The van der Waals surface area contributed by atoms with Gasteiger partial charge in [-0.2, -0.15) is 0 Å². The van der Waals surface area contributed by atoms with Crippen LogP contribution in [0.15, 0.2) is 28.7 Å². The van der Waals surface area contributed by atoms with Gasteiger partial charge in [0.05, 0.1) is 12.6 Å². The molecule has 1 amide bonds. The van der Waals surface area contributed by atoms with Gasteiger partial charge in [0, 0.05) is 30.6 Å². The Balaban J connectivity index is 2.28. The molecule has 1 heterocycles. The Labute approximate surface area is 122 Å². The number of carbonyl (C=O) groups excluding carboxylic acids is 1. The first kappa shape index (κ1) is 14.5. The molecule has 0 radical (unpaired) electrons. The van der Waals surface area contributed by atoms with Crippen molar-refractivity contribution in [3.8, 4) is 0 Å². The highest BCUT2D eigenvalue weighted by atomic mass is 79.9. The van der Waals surface area contributed by atoms with Crippen molar-refractivity contribution in [1.82, 2.24) is 4.90 Å². The Morgan fingerprint density at radius 1 is 1.53 bits per heavy atom. The van der Waals surface area contributed by atoms with Gasteiger partial charge in [-0.1, -0.05) is 28.1 Å². The van der Waals surface area contributed by atoms with Crippen LogP contribution in [-0.2, 0) is 9.53 Å². The minimum Gasteiger partial charge on any atom is -0.383 e. The number of piperidine rings is 1. The summed E-state index contributed by atoms with van der Waals surface area (Å²) in [4.78, 5) is 14.0. The molecule has 104 valence electrons. The standard InChI is InChI=1S/C14H19BrN2O2/c1-19-8-7-17-13(18)6-5-12(16)14(17)10-3-2-4-11(15)9-10/h2-4,9,12,14H,5-8,16H2,1H3. The summed E-state index contributed by atoms with van der Waals surface area (Å²) in [5, 5.41) is 0. The van der Waals surface area contributed by atoms with Crippen LogP contribution in [0.2, 0.25) is 0 Å². The van der Waals surface area contributed by atoms with Crippen molar-refractivity contribution in [1.29, 1.82) is 0 Å². The van der Waals surface area contributed by atoms with Gasteiger partial charge in [0.1, 0.15) is 0 Å². The van der Waals surface area contributed by atoms with Crippen LogP contribution in [0.25, 0.3) is 0 Å². The lowest BCUT2D eigenvalue weighted by Crippen LogP contribution is -2.49. The average molecular weight is 327 g/mol. The Kier molecular flexibility index (Phi) is 4.96. The fourth-order valence-corrected chi connectivity index (χ4v) is 2.97. The van der Waals surface area contributed by atoms with Crippen LogP contribution in [0.4, 0.5) is 0 Å². The lowest BCUT2D eigenvalue weighted by Gasteiger charge is -2.40. The zero-order valence-electron chi connectivity index (χ0n) is 11.0. The molecule has 4 nitrogen and oxygen atoms in total. The monoisotopic (exact) mass is 326 g/mol. The Morgan fingerprint density at radius 3 is 3.00 bits per heavy atom. The minimum absolute atomic E-state index is 0.0242. The molecule has 0 bridgehead atoms. The van der Waals surface area contributed by atoms with Crippen molar-refractivity contribution in [3.05, 3.63) is 34.3 Å². The van der Waals surface area contributed by atoms with Crippen LogP contribution >= 0.6 is 15.9 Å². The van der Waals surface area contributed by atoms with Crippen molar-refractivity contribution in [2.24, 2.45) is 5.73 Å². The molecule has 1 saturated heterocycles. The summed E-state index contributed by atoms with van der Waals surface area (Å²) in [6.07, 6.45) is 1.26. The molecule has 0 aromatic heterocycles. The van der Waals surface area contributed by atoms with E-state index >= 15 is 0 Å². The molecule has 1 aromatic carbocycles. The third kappa shape index (κ3) is 3.35. The van der Waals surface area contributed by atoms with Crippen molar-refractivity contribution >= 4 is 21.8 Å². The molecule has 19 heavy (non-hydrogen) atoms. The first-order chi connectivity index (χ1) is 9.13. The second-order valence-corrected chi connectivity index (χ2v) is 5.70. The Bertz CT molecular complexity index is 453. The molecule has 2 unspecified atom stereocenters. The summed E-state index contributed by atoms with van der Waals surface area (Å²) in [5.41, 5.74) is 7.31. The van der Waals surface area contributed by atoms with E-state index in [-0.39, 0.29) is 18.0 Å². The van der Waals surface area contributed by atoms with Crippen LogP contribution < -0.4 is 5.73 Å². The third-order valence-electron chi connectivity index (χ3n) is 3.48. The van der Waals surface area contributed by atoms with E-state index in [1.54, 1.807) is 7.11 Å². The van der Waals surface area contributed by atoms with E-state index in [9.17, 15) is 4.79 Å². The van der Waals surface area contributed by atoms with E-state index in [0.29, 0.717) is 19.6 Å². The lowest BCUT2D eigenvalue weighted by molar-refractivity contribution is -0.138. The fraction of sp³-hybridized carbons (Fsp3) is 0.500. The molecular weight excluding hydrogens is 308 g/mol. The Hall–Kier alpha value is -0.910. The van der Waals surface area contributed by atoms with Crippen LogP contribution in [0.3, 0.4) is 0 Å². The van der Waals surface area contributed by atoms with Gasteiger partial charge in [-0.3, -0.25) is 4.79 Å². The van der Waals surface area contributed by atoms with Crippen LogP contribution in [0.1, 0.15) is 24.4 Å². The van der Waals surface area contributed by atoms with Crippen LogP contribution in [-0.4, -0.2) is 37.1 Å². The summed E-state index contributed by atoms with van der Waals surface area (Å²) in [6.45, 7) is 1.11. The summed E-state index contributed by atoms with van der Waals surface area (Å²) >= 11 is 3.47. The minimum atomic E-state index is -0.0612. The number of rotatable bonds is 4. The van der Waals surface area contributed by atoms with E-state index in [1.165, 1.54) is 0 Å². The van der Waals surface area contributed by atoms with Crippen LogP contribution in [0, 0.1) is 0 Å². The molecule has 0 saturated carbocycles. The number of nitrogens with zero attached hydrogens (tertiary/aromatic N) is 1. The molecule has 1 aliphatic heterocycles. The van der Waals surface area contributed by atoms with Gasteiger partial charge in [0.2, 0.25) is 5.91 Å². The number of hydrogen-bond acceptors (Lipinski definition) is 3. The highest BCUT2D eigenvalue weighted by Gasteiger charge is 2.34. The maximum absolute atomic E-state index is 12.1. The first-order valence-corrected chi connectivity index (χ1v) is 7.22. The number of halogens is 1. The predicted octanol–water partition coefficient (Wildman–Crippen LogP) is 2.09. The summed E-state index contributed by atoms with van der Waals surface area (Å²) in [5.74, 6) is 0.156. The number of nitrogens with two attached hydrogens (primary N) is 1. The molecule has 0 aliphatic carbocycles. The molecule has 1 aromatic rings. The van der Waals surface area contributed by atoms with Gasteiger partial charge in [-0.25, -0.2) is 0 Å². The molecule has 1 aliphatic rings. The predicted molar refractivity (Wildman–Crippen MR) is 77.7 cm³/mol. The van der Waals surface area contributed by atoms with Gasteiger partial charge >= 0.3 is 0 Å². The van der Waals surface area contributed by atoms with E-state index in [0.717, 1.165) is 16.5 Å². The van der Waals surface area contributed by atoms with E-state index in [1.807, 2.05) is 29.2 Å². The lowest BCUT2D eigenvalue weighted by atomic mass is 9.90. The van der Waals surface area contributed by atoms with E-state index < -0.39 is 0 Å². The number of likely N-dealkylation sites (tertiary alicyclic amines) is 1. The van der Waals surface area contributed by atoms with Gasteiger partial charge in [0.25, 0.3) is 0 Å². The van der Waals surface area contributed by atoms with E-state index in [4.69, 9.17) is 10.5 Å². The van der Waals surface area contributed by atoms with E-state index in [2.05, 4.69) is 15.9 Å². The molecule has 0 spiro atoms. The summed E-state index contributed by atoms with van der Waals surface area (Å²) in [6, 6.07) is 7.91. The van der Waals surface area contributed by atoms with Crippen molar-refractivity contribution < 1.29 is 9.53 Å². The molecule has 2 rings (SSSR count). The second-order valence-electron chi connectivity index (χ2n) is 4.78. The van der Waals surface area contributed by atoms with Crippen molar-refractivity contribution in [3.63, 3.8) is 0 Å². The average Bonchev–Trinajstić information content (AvgIpc) is 2.39. The number of benzene rings is 1. The molecular formula is C14H19BrN2O2. The number of hydrogen-bond donors (Lipinski definition) is 1. The maximum atomic E-state index is 12.1. The van der Waals surface area contributed by atoms with Gasteiger partial charge in [0.15, 0.2) is 0 Å². The zero-order chi connectivity index (χ0) is 13.8. The normalized spacial score (nSPS) is 23.7. The fourth-order valence-electron chi connectivity index (χ4n) is 2.55. The van der Waals surface area contributed by atoms with Crippen LogP contribution in [0.5, 0.6) is 0 Å². The van der Waals surface area contributed by atoms with Gasteiger partial charge in [-0.15, -0.1) is 0 Å². The summed E-state index contributed by atoms with van der Waals surface area (Å²) in [7, 11) is 1.64. The van der Waals surface area contributed by atoms with Crippen molar-refractivity contribution in [2.45, 2.75) is 24.9 Å². The third-order valence-corrected chi connectivity index (χ3v) is 3.97. The number of ether oxygens (including phenoxy) is 1. The first-order valence-electron chi connectivity index (χ1n) is 6.43. The van der Waals surface area contributed by atoms with Gasteiger partial charge in [-0.05, 0) is 24.1 Å². The number of carbonyl (C=O) groups is 1. The number of amides is 1. The topological polar surface area (TPSA) is 55.6 Å². The second kappa shape index (κ2) is 6.50.